The zero-order valence-corrected chi connectivity index (χ0v) is 21.1. The number of hydrogen-bond donors (Lipinski definition) is 1. The van der Waals surface area contributed by atoms with Crippen molar-refractivity contribution in [2.24, 2.45) is 5.41 Å². The van der Waals surface area contributed by atoms with Crippen molar-refractivity contribution in [3.63, 3.8) is 0 Å². The molecule has 0 fully saturated rings. The van der Waals surface area contributed by atoms with Crippen LogP contribution in [0.4, 0.5) is 5.69 Å². The first-order valence-electron chi connectivity index (χ1n) is 10.8. The van der Waals surface area contributed by atoms with E-state index in [4.69, 9.17) is 9.47 Å². The number of aromatic nitrogens is 1. The molecular formula is C25H26N2O5S2. The summed E-state index contributed by atoms with van der Waals surface area (Å²) in [5.74, 6) is 0.686. The number of hydrogen-bond acceptors (Lipinski definition) is 7. The molecule has 2 aromatic heterocycles. The van der Waals surface area contributed by atoms with Gasteiger partial charge in [-0.1, -0.05) is 20.8 Å². The molecule has 9 heteroatoms. The number of thiophene rings is 1. The second-order valence-corrected chi connectivity index (χ2v) is 11.3. The van der Waals surface area contributed by atoms with Crippen LogP contribution in [-0.2, 0) is 16.1 Å². The quantitative estimate of drug-likeness (QED) is 0.585. The molecule has 0 unspecified atom stereocenters. The highest BCUT2D eigenvalue weighted by atomic mass is 32.1. The summed E-state index contributed by atoms with van der Waals surface area (Å²) in [7, 11) is 0. The minimum atomic E-state index is -0.604. The van der Waals surface area contributed by atoms with Gasteiger partial charge in [0.15, 0.2) is 17.3 Å². The van der Waals surface area contributed by atoms with Gasteiger partial charge in [-0.05, 0) is 37.3 Å². The number of carbonyl (C=O) groups excluding carboxylic acids is 2. The van der Waals surface area contributed by atoms with E-state index in [0.717, 1.165) is 9.75 Å². The number of fused-ring (bicyclic) bond motifs is 1. The van der Waals surface area contributed by atoms with Crippen LogP contribution in [-0.4, -0.2) is 29.5 Å². The van der Waals surface area contributed by atoms with Crippen LogP contribution in [0.1, 0.15) is 30.5 Å². The Bertz CT molecular complexity index is 1420. The van der Waals surface area contributed by atoms with Crippen LogP contribution >= 0.6 is 22.7 Å². The second-order valence-electron chi connectivity index (χ2n) is 8.95. The maximum Gasteiger partial charge on any atom is 0.269 e. The first kappa shape index (κ1) is 24.0. The Balaban J connectivity index is 1.67. The lowest BCUT2D eigenvalue weighted by Crippen LogP contribution is -2.36. The van der Waals surface area contributed by atoms with Gasteiger partial charge < -0.3 is 14.8 Å². The van der Waals surface area contributed by atoms with Crippen molar-refractivity contribution in [1.82, 2.24) is 4.57 Å². The van der Waals surface area contributed by atoms with E-state index >= 15 is 0 Å². The predicted octanol–water partition coefficient (Wildman–Crippen LogP) is 2.91. The molecule has 1 N–H and O–H groups in total. The lowest BCUT2D eigenvalue weighted by atomic mass is 9.91. The molecule has 34 heavy (non-hydrogen) atoms. The van der Waals surface area contributed by atoms with Gasteiger partial charge in [0.05, 0.1) is 4.53 Å². The van der Waals surface area contributed by atoms with E-state index in [2.05, 4.69) is 5.32 Å². The molecule has 178 valence electrons. The fourth-order valence-electron chi connectivity index (χ4n) is 3.25. The molecule has 4 rings (SSSR count). The minimum Gasteiger partial charge on any atom is -0.486 e. The molecular weight excluding hydrogens is 472 g/mol. The Morgan fingerprint density at radius 1 is 1.09 bits per heavy atom. The van der Waals surface area contributed by atoms with Crippen molar-refractivity contribution >= 4 is 52.2 Å². The van der Waals surface area contributed by atoms with E-state index in [1.807, 2.05) is 39.8 Å². The van der Waals surface area contributed by atoms with Gasteiger partial charge in [-0.15, -0.1) is 22.7 Å². The number of carbonyl (C=O) groups is 2. The molecule has 0 bridgehead atoms. The van der Waals surface area contributed by atoms with Crippen molar-refractivity contribution in [2.45, 2.75) is 34.2 Å². The van der Waals surface area contributed by atoms with Crippen molar-refractivity contribution in [1.29, 1.82) is 0 Å². The maximum absolute atomic E-state index is 13.2. The Labute approximate surface area is 205 Å². The third-order valence-electron chi connectivity index (χ3n) is 5.09. The molecule has 1 amide bonds. The third kappa shape index (κ3) is 5.48. The van der Waals surface area contributed by atoms with Gasteiger partial charge in [0, 0.05) is 33.0 Å². The average Bonchev–Trinajstić information content (AvgIpc) is 3.31. The molecule has 0 atom stereocenters. The summed E-state index contributed by atoms with van der Waals surface area (Å²) < 4.78 is 13.3. The first-order chi connectivity index (χ1) is 16.1. The number of nitrogens with one attached hydrogen (secondary N) is 1. The Kier molecular flexibility index (Phi) is 6.77. The molecule has 1 aromatic carbocycles. The van der Waals surface area contributed by atoms with Crippen molar-refractivity contribution in [3.8, 4) is 11.5 Å². The van der Waals surface area contributed by atoms with E-state index in [0.29, 0.717) is 39.6 Å². The summed E-state index contributed by atoms with van der Waals surface area (Å²) in [4.78, 5) is 40.8. The smallest absolute Gasteiger partial charge is 0.269 e. The molecule has 1 aliphatic heterocycles. The Hall–Kier alpha value is -3.17. The molecule has 3 aromatic rings. The average molecular weight is 499 g/mol. The lowest BCUT2D eigenvalue weighted by Gasteiger charge is -2.19. The summed E-state index contributed by atoms with van der Waals surface area (Å²) in [6.07, 6.45) is 3.26. The lowest BCUT2D eigenvalue weighted by molar-refractivity contribution is -0.120. The molecule has 3 heterocycles. The van der Waals surface area contributed by atoms with Crippen LogP contribution in [0.2, 0.25) is 0 Å². The number of benzene rings is 1. The van der Waals surface area contributed by atoms with Gasteiger partial charge in [0.1, 0.15) is 24.4 Å². The van der Waals surface area contributed by atoms with Crippen LogP contribution in [0.15, 0.2) is 35.1 Å². The summed E-state index contributed by atoms with van der Waals surface area (Å²) in [6.45, 7) is 8.16. The normalized spacial score (nSPS) is 14.4. The summed E-state index contributed by atoms with van der Waals surface area (Å²) in [5, 5.41) is 2.80. The maximum atomic E-state index is 13.2. The van der Waals surface area contributed by atoms with Crippen molar-refractivity contribution < 1.29 is 19.1 Å². The van der Waals surface area contributed by atoms with E-state index in [1.54, 1.807) is 35.6 Å². The van der Waals surface area contributed by atoms with Gasteiger partial charge in [0.25, 0.3) is 5.56 Å². The molecule has 0 saturated heterocycles. The molecule has 1 aliphatic rings. The SMILES string of the molecule is Cc1ccc(/C=c2\s/c(=C\C(=O)C(C)(C)C)n(CC(=O)Nc3ccc4c(c3)OCCO4)c2=O)s1. The molecule has 0 spiro atoms. The fraction of sp³-hybridized carbons (Fsp3) is 0.320. The summed E-state index contributed by atoms with van der Waals surface area (Å²) in [5.41, 5.74) is -0.372. The van der Waals surface area contributed by atoms with Crippen molar-refractivity contribution in [3.05, 3.63) is 59.6 Å². The van der Waals surface area contributed by atoms with E-state index in [1.165, 1.54) is 22.0 Å². The minimum absolute atomic E-state index is 0.117. The number of aryl methyl sites for hydroxylation is 1. The monoisotopic (exact) mass is 498 g/mol. The predicted molar refractivity (Wildman–Crippen MR) is 135 cm³/mol. The van der Waals surface area contributed by atoms with Gasteiger partial charge in [-0.3, -0.25) is 19.0 Å². The largest absolute Gasteiger partial charge is 0.486 e. The number of ketones is 1. The van der Waals surface area contributed by atoms with Crippen LogP contribution in [0.25, 0.3) is 12.2 Å². The number of ether oxygens (including phenoxy) is 2. The topological polar surface area (TPSA) is 86.6 Å². The molecule has 0 radical (unpaired) electrons. The summed E-state index contributed by atoms with van der Waals surface area (Å²) in [6, 6.07) is 9.08. The van der Waals surface area contributed by atoms with E-state index in [-0.39, 0.29) is 23.8 Å². The zero-order valence-electron chi connectivity index (χ0n) is 19.5. The third-order valence-corrected chi connectivity index (χ3v) is 7.10. The number of thiazole rings is 1. The van der Waals surface area contributed by atoms with E-state index in [9.17, 15) is 14.4 Å². The van der Waals surface area contributed by atoms with Crippen LogP contribution < -0.4 is 29.5 Å². The van der Waals surface area contributed by atoms with Gasteiger partial charge in [-0.25, -0.2) is 0 Å². The van der Waals surface area contributed by atoms with Gasteiger partial charge in [-0.2, -0.15) is 0 Å². The first-order valence-corrected chi connectivity index (χ1v) is 12.5. The molecule has 0 saturated carbocycles. The zero-order chi connectivity index (χ0) is 24.5. The second kappa shape index (κ2) is 9.60. The van der Waals surface area contributed by atoms with Crippen LogP contribution in [0.5, 0.6) is 11.5 Å². The summed E-state index contributed by atoms with van der Waals surface area (Å²) >= 11 is 2.79. The number of rotatable bonds is 5. The highest BCUT2D eigenvalue weighted by Crippen LogP contribution is 2.32. The van der Waals surface area contributed by atoms with Gasteiger partial charge in [0.2, 0.25) is 5.91 Å². The van der Waals surface area contributed by atoms with Crippen LogP contribution in [0.3, 0.4) is 0 Å². The number of anilines is 1. The van der Waals surface area contributed by atoms with E-state index < -0.39 is 5.41 Å². The van der Waals surface area contributed by atoms with Crippen LogP contribution in [0, 0.1) is 12.3 Å². The molecule has 7 nitrogen and oxygen atoms in total. The Morgan fingerprint density at radius 3 is 2.50 bits per heavy atom. The van der Waals surface area contributed by atoms with Gasteiger partial charge >= 0.3 is 0 Å². The highest BCUT2D eigenvalue weighted by molar-refractivity contribution is 7.13. The van der Waals surface area contributed by atoms with Crippen molar-refractivity contribution in [2.75, 3.05) is 18.5 Å². The number of Topliss-reactive ketones (excluding diaryl/α,β-unsaturated/α-hetero) is 1. The fourth-order valence-corrected chi connectivity index (χ4v) is 5.17. The standard InChI is InChI=1S/C25H26N2O5S2/c1-15-5-7-17(33-15)12-20-24(30)27(23(34-20)13-21(28)25(2,3)4)14-22(29)26-16-6-8-18-19(11-16)32-10-9-31-18/h5-8,11-13H,9-10,14H2,1-4H3,(H,26,29)/b20-12-,23-13-. The number of amides is 1. The number of nitrogens with zero attached hydrogens (tertiary/aromatic N) is 1. The molecule has 0 aliphatic carbocycles. The Morgan fingerprint density at radius 2 is 1.82 bits per heavy atom. The highest BCUT2D eigenvalue weighted by Gasteiger charge is 2.20.